The summed E-state index contributed by atoms with van der Waals surface area (Å²) in [4.78, 5) is 80.7. The van der Waals surface area contributed by atoms with Crippen LogP contribution in [0.25, 0.3) is 0 Å². The molecule has 0 aromatic heterocycles. The van der Waals surface area contributed by atoms with Crippen molar-refractivity contribution in [3.8, 4) is 0 Å². The Morgan fingerprint density at radius 3 is 1.87 bits per heavy atom. The quantitative estimate of drug-likeness (QED) is 0.0649. The molecule has 0 saturated carbocycles. The molecule has 9 aliphatic rings. The Bertz CT molecular complexity index is 3250. The molecule has 8 atom stereocenters. The Balaban J connectivity index is 0.000000189. The van der Waals surface area contributed by atoms with E-state index in [9.17, 15) is 24.0 Å². The predicted molar refractivity (Wildman–Crippen MR) is 343 cm³/mol. The molecule has 3 spiro atoms. The van der Waals surface area contributed by atoms with Gasteiger partial charge in [-0.1, -0.05) is 196 Å². The standard InChI is InChI=1S/C44H52N2O3SSi.C16H22N2O2.C12H16O3/c1-41(2,3)51(33-22-13-8-14-23-33,34-24-15-9-16-25-34)49-38-37(50-32-20-11-7-12-21-32)30-36-35(42(38,4)5)31-44(39(47)45-36)28-19-29-46(44)40(48)43(6)26-17-10-18-27-43;1-10-5-7-16-11(14(10,2)3)9-15(12(19)17-16)6-4-8-18(15)13(16)20;1-4-12(2,3)15-14-11(13)10-8-6-5-7-9-10/h7-9,11-18,20-27,30,35,37-38H,10,19,28-29,31H2,1-6H3,(H,45,47);5,7,10-11H,4,6,8-9H2,1-3H3,(H,17,19);5-9H,4H2,1-3H3/t35-,37-,38+,44+;10?,11?,15?,16-;/m01./s1. The number of piperazine rings is 1. The zero-order chi connectivity index (χ0) is 61.7. The van der Waals surface area contributed by atoms with Crippen molar-refractivity contribution in [1.82, 2.24) is 20.4 Å². The molecule has 4 aromatic carbocycles. The average molecular weight is 1200 g/mol. The summed E-state index contributed by atoms with van der Waals surface area (Å²) in [7, 11) is -2.97. The maximum atomic E-state index is 14.4. The number of benzene rings is 4. The minimum absolute atomic E-state index is 0.0148. The summed E-state index contributed by atoms with van der Waals surface area (Å²) in [6.45, 7) is 27.4. The molecule has 14 heteroatoms. The highest BCUT2D eigenvalue weighted by Gasteiger charge is 2.71. The Morgan fingerprint density at radius 2 is 1.28 bits per heavy atom. The van der Waals surface area contributed by atoms with Gasteiger partial charge in [0, 0.05) is 35.5 Å². The lowest BCUT2D eigenvalue weighted by Crippen LogP contribution is -2.83. The molecule has 6 fully saturated rings. The van der Waals surface area contributed by atoms with Crippen LogP contribution in [-0.4, -0.2) is 94.4 Å². The van der Waals surface area contributed by atoms with Crippen molar-refractivity contribution in [3.05, 3.63) is 175 Å². The van der Waals surface area contributed by atoms with Crippen LogP contribution in [0, 0.1) is 34.0 Å². The lowest BCUT2D eigenvalue weighted by Gasteiger charge is -2.63. The van der Waals surface area contributed by atoms with Crippen LogP contribution in [0.2, 0.25) is 5.04 Å². The van der Waals surface area contributed by atoms with Gasteiger partial charge in [-0.2, -0.15) is 4.89 Å². The molecule has 6 saturated heterocycles. The van der Waals surface area contributed by atoms with Crippen molar-refractivity contribution < 1.29 is 38.2 Å². The number of allylic oxidation sites excluding steroid dienone is 4. The molecule has 6 heterocycles. The molecule has 4 aromatic rings. The first-order valence-electron chi connectivity index (χ1n) is 31.2. The van der Waals surface area contributed by atoms with Gasteiger partial charge in [0.05, 0.1) is 22.3 Å². The smallest absolute Gasteiger partial charge is 0.373 e. The molecule has 3 aliphatic carbocycles. The van der Waals surface area contributed by atoms with Crippen molar-refractivity contribution in [2.24, 2.45) is 34.0 Å². The second-order valence-electron chi connectivity index (χ2n) is 28.2. The summed E-state index contributed by atoms with van der Waals surface area (Å²) >= 11 is 1.81. The number of thioether (sulfide) groups is 1. The maximum Gasteiger partial charge on any atom is 0.373 e. The van der Waals surface area contributed by atoms with Crippen molar-refractivity contribution in [2.45, 2.75) is 178 Å². The van der Waals surface area contributed by atoms with Gasteiger partial charge in [0.15, 0.2) is 0 Å². The first kappa shape index (κ1) is 62.7. The van der Waals surface area contributed by atoms with Crippen molar-refractivity contribution >= 4 is 60.1 Å². The summed E-state index contributed by atoms with van der Waals surface area (Å²) < 4.78 is 8.09. The SMILES string of the molecule is CC1(C(=O)N2CCC[C@]23C[C@H]2C(=C[C@H](Sc4ccccc4)[C@@H](O[Si](c4ccccc4)(c4ccccc4)C(C)(C)C)C2(C)C)NC3=O)C=CCC=C1.CC1C=C[C@]23NC(=O)C4(CCCN4C2=O)CC3C1(C)C.CCC(C)(C)OOC(=O)c1ccccc1. The third-order valence-corrected chi connectivity index (χ3v) is 27.1. The Kier molecular flexibility index (Phi) is 17.2. The number of nitrogens with one attached hydrogen (secondary N) is 2. The lowest BCUT2D eigenvalue weighted by molar-refractivity contribution is -0.307. The molecule has 4 amide bonds. The lowest BCUT2D eigenvalue weighted by atomic mass is 9.51. The molecule has 0 radical (unpaired) electrons. The van der Waals surface area contributed by atoms with E-state index in [0.717, 1.165) is 55.7 Å². The average Bonchev–Trinajstić information content (AvgIpc) is 1.18. The van der Waals surface area contributed by atoms with Gasteiger partial charge in [-0.3, -0.25) is 24.1 Å². The van der Waals surface area contributed by atoms with Gasteiger partial charge >= 0.3 is 5.97 Å². The third kappa shape index (κ3) is 11.0. The number of hydrogen-bond donors (Lipinski definition) is 2. The van der Waals surface area contributed by atoms with Gasteiger partial charge in [-0.25, -0.2) is 4.79 Å². The van der Waals surface area contributed by atoms with Crippen LogP contribution in [0.3, 0.4) is 0 Å². The summed E-state index contributed by atoms with van der Waals surface area (Å²) in [6, 6.07) is 41.1. The zero-order valence-corrected chi connectivity index (χ0v) is 54.4. The van der Waals surface area contributed by atoms with Crippen LogP contribution in [-0.2, 0) is 33.4 Å². The van der Waals surface area contributed by atoms with Crippen molar-refractivity contribution in [1.29, 1.82) is 0 Å². The number of rotatable bonds is 11. The fourth-order valence-corrected chi connectivity index (χ4v) is 21.4. The number of hydrogen-bond acceptors (Lipinski definition) is 9. The predicted octanol–water partition coefficient (Wildman–Crippen LogP) is 12.5. The third-order valence-electron chi connectivity index (χ3n) is 20.8. The van der Waals surface area contributed by atoms with Gasteiger partial charge < -0.3 is 24.9 Å². The number of likely N-dealkylation sites (tertiary alicyclic amines) is 1. The normalized spacial score (nSPS) is 29.0. The second-order valence-corrected chi connectivity index (χ2v) is 33.7. The van der Waals surface area contributed by atoms with Crippen LogP contribution in [0.15, 0.2) is 174 Å². The van der Waals surface area contributed by atoms with Crippen LogP contribution >= 0.6 is 11.8 Å². The monoisotopic (exact) mass is 1200 g/mol. The largest absolute Gasteiger partial charge is 0.402 e. The second kappa shape index (κ2) is 23.7. The molecule has 86 heavy (non-hydrogen) atoms. The van der Waals surface area contributed by atoms with Crippen LogP contribution in [0.5, 0.6) is 0 Å². The molecular formula is C72H90N4O8SSi. The number of piperidine rings is 3. The van der Waals surface area contributed by atoms with E-state index >= 15 is 0 Å². The summed E-state index contributed by atoms with van der Waals surface area (Å²) in [5.74, 6) is 0.308. The van der Waals surface area contributed by atoms with Gasteiger partial charge in [0.1, 0.15) is 22.2 Å². The molecule has 13 rings (SSSR count). The van der Waals surface area contributed by atoms with E-state index in [1.807, 2.05) is 73.6 Å². The van der Waals surface area contributed by atoms with Gasteiger partial charge in [-0.15, -0.1) is 11.8 Å². The van der Waals surface area contributed by atoms with Crippen LogP contribution in [0.4, 0.5) is 0 Å². The van der Waals surface area contributed by atoms with E-state index in [1.54, 1.807) is 24.3 Å². The van der Waals surface area contributed by atoms with E-state index in [2.05, 4.69) is 181 Å². The number of nitrogens with zero attached hydrogens (tertiary/aromatic N) is 2. The minimum atomic E-state index is -2.97. The van der Waals surface area contributed by atoms with Gasteiger partial charge in [0.25, 0.3) is 14.2 Å². The fraction of sp³-hybridized carbons (Fsp3) is 0.486. The number of carbonyl (C=O) groups is 5. The molecule has 12 nitrogen and oxygen atoms in total. The molecule has 2 N–H and O–H groups in total. The number of carbonyl (C=O) groups excluding carboxylic acids is 5. The number of amides is 4. The van der Waals surface area contributed by atoms with E-state index < -0.39 is 47.3 Å². The van der Waals surface area contributed by atoms with E-state index in [4.69, 9.17) is 14.2 Å². The Hall–Kier alpha value is -6.32. The van der Waals surface area contributed by atoms with E-state index in [1.165, 1.54) is 10.4 Å². The molecule has 456 valence electrons. The number of fused-ring (bicyclic) bond motifs is 2. The van der Waals surface area contributed by atoms with E-state index in [0.29, 0.717) is 30.9 Å². The Labute approximate surface area is 516 Å². The molecular weight excluding hydrogens is 1110 g/mol. The first-order valence-corrected chi connectivity index (χ1v) is 34.0. The molecule has 2 bridgehead atoms. The molecule has 3 unspecified atom stereocenters. The highest BCUT2D eigenvalue weighted by Crippen LogP contribution is 2.59. The van der Waals surface area contributed by atoms with Crippen molar-refractivity contribution in [2.75, 3.05) is 13.1 Å². The summed E-state index contributed by atoms with van der Waals surface area (Å²) in [5, 5.41) is 8.77. The summed E-state index contributed by atoms with van der Waals surface area (Å²) in [5.41, 5.74) is -2.34. The molecule has 6 aliphatic heterocycles. The maximum absolute atomic E-state index is 14.4. The van der Waals surface area contributed by atoms with Crippen LogP contribution in [0.1, 0.15) is 145 Å². The van der Waals surface area contributed by atoms with Crippen molar-refractivity contribution in [3.63, 3.8) is 0 Å². The van der Waals surface area contributed by atoms with Crippen LogP contribution < -0.4 is 21.0 Å². The topological polar surface area (TPSA) is 144 Å². The highest BCUT2D eigenvalue weighted by atomic mass is 32.2. The van der Waals surface area contributed by atoms with Gasteiger partial charge in [-0.05, 0) is 135 Å². The summed E-state index contributed by atoms with van der Waals surface area (Å²) in [6.07, 6.45) is 20.6. The van der Waals surface area contributed by atoms with Gasteiger partial charge in [0.2, 0.25) is 17.7 Å². The minimum Gasteiger partial charge on any atom is -0.402 e. The fourth-order valence-electron chi connectivity index (χ4n) is 15.1. The Morgan fingerprint density at radius 1 is 0.709 bits per heavy atom. The zero-order valence-electron chi connectivity index (χ0n) is 52.6. The first-order chi connectivity index (χ1) is 40.7. The van der Waals surface area contributed by atoms with E-state index in [-0.39, 0.29) is 57.3 Å². The highest BCUT2D eigenvalue weighted by molar-refractivity contribution is 8.00.